The van der Waals surface area contributed by atoms with Gasteiger partial charge in [0.15, 0.2) is 0 Å². The van der Waals surface area contributed by atoms with E-state index in [1.165, 1.54) is 29.1 Å². The molecule has 8 heteroatoms. The van der Waals surface area contributed by atoms with Crippen LogP contribution in [0.25, 0.3) is 16.9 Å². The Bertz CT molecular complexity index is 842. The van der Waals surface area contributed by atoms with Gasteiger partial charge in [-0.2, -0.15) is 13.2 Å². The summed E-state index contributed by atoms with van der Waals surface area (Å²) in [6.45, 7) is 0. The molecule has 0 aliphatic heterocycles. The highest BCUT2D eigenvalue weighted by atomic mass is 19.4. The molecule has 1 heterocycles. The first-order valence-electron chi connectivity index (χ1n) is 6.47. The van der Waals surface area contributed by atoms with Crippen molar-refractivity contribution < 1.29 is 23.4 Å². The Balaban J connectivity index is 1.99. The molecule has 0 unspecified atom stereocenters. The number of hydrogen-bond donors (Lipinski definition) is 2. The number of phenolic OH excluding ortho intramolecular Hbond substituents is 2. The average molecular weight is 321 g/mol. The molecule has 2 aromatic carbocycles. The molecule has 0 spiro atoms. The monoisotopic (exact) mass is 321 g/mol. The molecule has 23 heavy (non-hydrogen) atoms. The molecule has 2 N–H and O–H groups in total. The lowest BCUT2D eigenvalue weighted by atomic mass is 10.1. The minimum Gasteiger partial charge on any atom is -0.508 e. The van der Waals surface area contributed by atoms with Crippen LogP contribution in [-0.2, 0) is 6.18 Å². The van der Waals surface area contributed by atoms with Gasteiger partial charge in [-0.1, -0.05) is 5.21 Å². The fourth-order valence-electron chi connectivity index (χ4n) is 2.05. The van der Waals surface area contributed by atoms with Crippen molar-refractivity contribution in [1.29, 1.82) is 0 Å². The van der Waals surface area contributed by atoms with E-state index in [4.69, 9.17) is 0 Å². The third-order valence-electron chi connectivity index (χ3n) is 3.21. The number of rotatable bonds is 2. The Morgan fingerprint density at radius 1 is 0.957 bits per heavy atom. The Morgan fingerprint density at radius 2 is 1.65 bits per heavy atom. The van der Waals surface area contributed by atoms with Gasteiger partial charge in [0.25, 0.3) is 0 Å². The second-order valence-electron chi connectivity index (χ2n) is 4.79. The number of aromatic nitrogens is 3. The van der Waals surface area contributed by atoms with Gasteiger partial charge < -0.3 is 10.2 Å². The first-order valence-corrected chi connectivity index (χ1v) is 6.47. The van der Waals surface area contributed by atoms with Crippen LogP contribution in [0.1, 0.15) is 5.56 Å². The molecular formula is C15H10F3N3O2. The van der Waals surface area contributed by atoms with Gasteiger partial charge in [-0.25, -0.2) is 4.68 Å². The van der Waals surface area contributed by atoms with Gasteiger partial charge in [-0.15, -0.1) is 5.10 Å². The first-order chi connectivity index (χ1) is 10.8. The fourth-order valence-corrected chi connectivity index (χ4v) is 2.05. The number of hydrogen-bond acceptors (Lipinski definition) is 4. The average Bonchev–Trinajstić information content (AvgIpc) is 2.97. The zero-order valence-electron chi connectivity index (χ0n) is 11.5. The quantitative estimate of drug-likeness (QED) is 0.759. The van der Waals surface area contributed by atoms with Crippen LogP contribution in [0.4, 0.5) is 13.2 Å². The molecule has 0 atom stereocenters. The van der Waals surface area contributed by atoms with Crippen molar-refractivity contribution in [2.75, 3.05) is 0 Å². The SMILES string of the molecule is Oc1ccc(-c2cn(-c3ccc(O)c(C(F)(F)F)c3)nn2)cc1. The molecule has 0 aliphatic carbocycles. The highest BCUT2D eigenvalue weighted by Crippen LogP contribution is 2.36. The van der Waals surface area contributed by atoms with Gasteiger partial charge in [-0.05, 0) is 42.5 Å². The molecule has 0 saturated heterocycles. The lowest BCUT2D eigenvalue weighted by Crippen LogP contribution is -2.07. The van der Waals surface area contributed by atoms with Crippen LogP contribution >= 0.6 is 0 Å². The van der Waals surface area contributed by atoms with Crippen LogP contribution in [0.15, 0.2) is 48.7 Å². The Labute approximate surface area is 128 Å². The summed E-state index contributed by atoms with van der Waals surface area (Å²) >= 11 is 0. The van der Waals surface area contributed by atoms with Gasteiger partial charge in [0, 0.05) is 5.56 Å². The first kappa shape index (κ1) is 14.9. The molecule has 0 aliphatic rings. The Morgan fingerprint density at radius 3 is 2.30 bits per heavy atom. The van der Waals surface area contributed by atoms with E-state index in [0.29, 0.717) is 11.3 Å². The lowest BCUT2D eigenvalue weighted by Gasteiger charge is -2.10. The molecule has 0 radical (unpaired) electrons. The van der Waals surface area contributed by atoms with Crippen molar-refractivity contribution in [2.24, 2.45) is 0 Å². The predicted octanol–water partition coefficient (Wildman–Crippen LogP) is 3.36. The molecule has 0 bridgehead atoms. The predicted molar refractivity (Wildman–Crippen MR) is 75.1 cm³/mol. The van der Waals surface area contributed by atoms with Gasteiger partial charge >= 0.3 is 6.18 Å². The maximum Gasteiger partial charge on any atom is 0.420 e. The second-order valence-corrected chi connectivity index (χ2v) is 4.79. The summed E-state index contributed by atoms with van der Waals surface area (Å²) in [5.41, 5.74) is 0.0693. The van der Waals surface area contributed by atoms with Crippen molar-refractivity contribution >= 4 is 0 Å². The molecule has 3 rings (SSSR count). The van der Waals surface area contributed by atoms with E-state index in [-0.39, 0.29) is 11.4 Å². The van der Waals surface area contributed by atoms with Crippen molar-refractivity contribution in [3.63, 3.8) is 0 Å². The van der Waals surface area contributed by atoms with Crippen LogP contribution in [-0.4, -0.2) is 25.2 Å². The number of benzene rings is 2. The van der Waals surface area contributed by atoms with E-state index < -0.39 is 17.5 Å². The zero-order valence-corrected chi connectivity index (χ0v) is 11.5. The maximum absolute atomic E-state index is 12.8. The number of alkyl halides is 3. The van der Waals surface area contributed by atoms with Crippen molar-refractivity contribution in [3.8, 4) is 28.4 Å². The van der Waals surface area contributed by atoms with E-state index in [1.54, 1.807) is 12.1 Å². The molecule has 3 aromatic rings. The van der Waals surface area contributed by atoms with Crippen molar-refractivity contribution in [3.05, 3.63) is 54.2 Å². The molecular weight excluding hydrogens is 311 g/mol. The highest BCUT2D eigenvalue weighted by Gasteiger charge is 2.34. The highest BCUT2D eigenvalue weighted by molar-refractivity contribution is 5.59. The summed E-state index contributed by atoms with van der Waals surface area (Å²) in [6, 6.07) is 9.22. The summed E-state index contributed by atoms with van der Waals surface area (Å²) < 4.78 is 39.6. The smallest absolute Gasteiger partial charge is 0.420 e. The fraction of sp³-hybridized carbons (Fsp3) is 0.0667. The van der Waals surface area contributed by atoms with Crippen molar-refractivity contribution in [2.45, 2.75) is 6.18 Å². The molecule has 118 valence electrons. The third-order valence-corrected chi connectivity index (χ3v) is 3.21. The van der Waals surface area contributed by atoms with Gasteiger partial charge in [-0.3, -0.25) is 0 Å². The molecule has 5 nitrogen and oxygen atoms in total. The molecule has 1 aromatic heterocycles. The second kappa shape index (κ2) is 5.31. The van der Waals surface area contributed by atoms with E-state index in [0.717, 1.165) is 12.1 Å². The minimum atomic E-state index is -4.67. The number of nitrogens with zero attached hydrogens (tertiary/aromatic N) is 3. The molecule has 0 fully saturated rings. The normalized spacial score (nSPS) is 11.6. The zero-order chi connectivity index (χ0) is 16.6. The number of aromatic hydroxyl groups is 2. The minimum absolute atomic E-state index is 0.0921. The van der Waals surface area contributed by atoms with E-state index in [1.807, 2.05) is 0 Å². The van der Waals surface area contributed by atoms with Crippen LogP contribution in [0, 0.1) is 0 Å². The summed E-state index contributed by atoms with van der Waals surface area (Å²) in [5, 5.41) is 26.3. The largest absolute Gasteiger partial charge is 0.508 e. The van der Waals surface area contributed by atoms with E-state index >= 15 is 0 Å². The van der Waals surface area contributed by atoms with Crippen LogP contribution in [0.3, 0.4) is 0 Å². The standard InChI is InChI=1S/C15H10F3N3O2/c16-15(17,18)12-7-10(3-6-14(12)23)21-8-13(19-20-21)9-1-4-11(22)5-2-9/h1-8,22-23H. The van der Waals surface area contributed by atoms with Gasteiger partial charge in [0.2, 0.25) is 0 Å². The molecule has 0 saturated carbocycles. The summed E-state index contributed by atoms with van der Waals surface area (Å²) in [5.74, 6) is -0.755. The molecule has 0 amide bonds. The van der Waals surface area contributed by atoms with Crippen molar-refractivity contribution in [1.82, 2.24) is 15.0 Å². The summed E-state index contributed by atoms with van der Waals surface area (Å²) in [4.78, 5) is 0. The number of phenols is 2. The van der Waals surface area contributed by atoms with E-state index in [2.05, 4.69) is 10.3 Å². The summed E-state index contributed by atoms with van der Waals surface area (Å²) in [6.07, 6.45) is -3.21. The van der Waals surface area contributed by atoms with Crippen LogP contribution in [0.2, 0.25) is 0 Å². The Kier molecular flexibility index (Phi) is 3.44. The van der Waals surface area contributed by atoms with Gasteiger partial charge in [0.05, 0.1) is 17.4 Å². The maximum atomic E-state index is 12.8. The Hall–Kier alpha value is -3.03. The van der Waals surface area contributed by atoms with E-state index in [9.17, 15) is 23.4 Å². The number of halogens is 3. The topological polar surface area (TPSA) is 71.2 Å². The summed E-state index contributed by atoms with van der Waals surface area (Å²) in [7, 11) is 0. The van der Waals surface area contributed by atoms with Crippen LogP contribution < -0.4 is 0 Å². The van der Waals surface area contributed by atoms with Crippen LogP contribution in [0.5, 0.6) is 11.5 Å². The third kappa shape index (κ3) is 2.96. The lowest BCUT2D eigenvalue weighted by molar-refractivity contribution is -0.138. The van der Waals surface area contributed by atoms with Gasteiger partial charge in [0.1, 0.15) is 17.2 Å².